The molecular weight excluding hydrogens is 220 g/mol. The summed E-state index contributed by atoms with van der Waals surface area (Å²) in [6, 6.07) is 10.2. The summed E-state index contributed by atoms with van der Waals surface area (Å²) in [5.74, 6) is 0. The first-order chi connectivity index (χ1) is 7.66. The number of pyridine rings is 1. The molecular formula is C13H13ClN2. The third-order valence-electron chi connectivity index (χ3n) is 2.22. The Morgan fingerprint density at radius 3 is 2.81 bits per heavy atom. The molecule has 0 unspecified atom stereocenters. The van der Waals surface area contributed by atoms with Gasteiger partial charge in [-0.15, -0.1) is 0 Å². The van der Waals surface area contributed by atoms with Crippen molar-refractivity contribution in [2.45, 2.75) is 19.9 Å². The number of hydrogen-bond acceptors (Lipinski definition) is 2. The predicted molar refractivity (Wildman–Crippen MR) is 69.5 cm³/mol. The Hall–Kier alpha value is -1.41. The van der Waals surface area contributed by atoms with Crippen LogP contribution in [0.15, 0.2) is 35.3 Å². The molecule has 0 spiro atoms. The number of rotatable bonds is 2. The standard InChI is InChI=1S/C13H13ClN2/c1-9(2)15-8-11-7-10-5-3-4-6-12(10)16-13(11)14/h3-9H,1-2H3. The fraction of sp³-hybridized carbons (Fsp3) is 0.231. The lowest BCUT2D eigenvalue weighted by atomic mass is 10.2. The highest BCUT2D eigenvalue weighted by atomic mass is 35.5. The molecule has 82 valence electrons. The fourth-order valence-electron chi connectivity index (χ4n) is 1.43. The number of nitrogens with zero attached hydrogens (tertiary/aromatic N) is 2. The summed E-state index contributed by atoms with van der Waals surface area (Å²) in [5, 5.41) is 1.58. The quantitative estimate of drug-likeness (QED) is 0.572. The van der Waals surface area contributed by atoms with Gasteiger partial charge in [-0.25, -0.2) is 4.98 Å². The van der Waals surface area contributed by atoms with Crippen molar-refractivity contribution in [2.24, 2.45) is 4.99 Å². The van der Waals surface area contributed by atoms with E-state index in [0.717, 1.165) is 16.5 Å². The van der Waals surface area contributed by atoms with Gasteiger partial charge in [0.15, 0.2) is 0 Å². The highest BCUT2D eigenvalue weighted by Crippen LogP contribution is 2.19. The molecule has 2 rings (SSSR count). The van der Waals surface area contributed by atoms with E-state index in [2.05, 4.69) is 9.98 Å². The van der Waals surface area contributed by atoms with E-state index < -0.39 is 0 Å². The van der Waals surface area contributed by atoms with Crippen LogP contribution in [0.4, 0.5) is 0 Å². The summed E-state index contributed by atoms with van der Waals surface area (Å²) in [7, 11) is 0. The number of aromatic nitrogens is 1. The van der Waals surface area contributed by atoms with E-state index in [1.807, 2.05) is 44.2 Å². The van der Waals surface area contributed by atoms with Gasteiger partial charge in [0.25, 0.3) is 0 Å². The topological polar surface area (TPSA) is 25.2 Å². The molecule has 0 amide bonds. The number of halogens is 1. The van der Waals surface area contributed by atoms with E-state index in [1.165, 1.54) is 0 Å². The average Bonchev–Trinajstić information content (AvgIpc) is 2.26. The Labute approximate surface area is 100.0 Å². The molecule has 0 atom stereocenters. The maximum Gasteiger partial charge on any atom is 0.138 e. The van der Waals surface area contributed by atoms with Crippen molar-refractivity contribution in [1.82, 2.24) is 4.98 Å². The van der Waals surface area contributed by atoms with Crippen LogP contribution in [0.3, 0.4) is 0 Å². The Morgan fingerprint density at radius 1 is 1.31 bits per heavy atom. The predicted octanol–water partition coefficient (Wildman–Crippen LogP) is 3.72. The molecule has 0 aliphatic carbocycles. The van der Waals surface area contributed by atoms with Crippen LogP contribution in [0.2, 0.25) is 5.15 Å². The first-order valence-corrected chi connectivity index (χ1v) is 5.63. The molecule has 0 fully saturated rings. The summed E-state index contributed by atoms with van der Waals surface area (Å²) in [6.45, 7) is 4.05. The zero-order valence-corrected chi connectivity index (χ0v) is 10.1. The van der Waals surface area contributed by atoms with Crippen LogP contribution in [0, 0.1) is 0 Å². The van der Waals surface area contributed by atoms with Crippen molar-refractivity contribution in [3.63, 3.8) is 0 Å². The molecule has 0 saturated carbocycles. The van der Waals surface area contributed by atoms with Crippen LogP contribution in [-0.4, -0.2) is 17.2 Å². The monoisotopic (exact) mass is 232 g/mol. The van der Waals surface area contributed by atoms with Crippen molar-refractivity contribution in [2.75, 3.05) is 0 Å². The highest BCUT2D eigenvalue weighted by molar-refractivity contribution is 6.32. The zero-order valence-electron chi connectivity index (χ0n) is 9.31. The highest BCUT2D eigenvalue weighted by Gasteiger charge is 2.02. The van der Waals surface area contributed by atoms with Crippen molar-refractivity contribution in [3.8, 4) is 0 Å². The van der Waals surface area contributed by atoms with E-state index >= 15 is 0 Å². The number of fused-ring (bicyclic) bond motifs is 1. The first kappa shape index (κ1) is 11.1. The molecule has 1 heterocycles. The average molecular weight is 233 g/mol. The molecule has 16 heavy (non-hydrogen) atoms. The maximum absolute atomic E-state index is 6.08. The third kappa shape index (κ3) is 2.39. The Kier molecular flexibility index (Phi) is 3.20. The van der Waals surface area contributed by atoms with Gasteiger partial charge < -0.3 is 0 Å². The van der Waals surface area contributed by atoms with E-state index in [0.29, 0.717) is 5.15 Å². The first-order valence-electron chi connectivity index (χ1n) is 5.25. The van der Waals surface area contributed by atoms with E-state index in [1.54, 1.807) is 6.21 Å². The SMILES string of the molecule is CC(C)N=Cc1cc2ccccc2nc1Cl. The van der Waals surface area contributed by atoms with E-state index in [9.17, 15) is 0 Å². The van der Waals surface area contributed by atoms with Crippen LogP contribution in [-0.2, 0) is 0 Å². The van der Waals surface area contributed by atoms with Crippen LogP contribution in [0.25, 0.3) is 10.9 Å². The normalized spacial score (nSPS) is 11.8. The zero-order chi connectivity index (χ0) is 11.5. The van der Waals surface area contributed by atoms with Crippen molar-refractivity contribution >= 4 is 28.7 Å². The minimum Gasteiger partial charge on any atom is -0.290 e. The van der Waals surface area contributed by atoms with Gasteiger partial charge in [0.2, 0.25) is 0 Å². The fourth-order valence-corrected chi connectivity index (χ4v) is 1.62. The molecule has 1 aromatic heterocycles. The van der Waals surface area contributed by atoms with Crippen LogP contribution < -0.4 is 0 Å². The largest absolute Gasteiger partial charge is 0.290 e. The summed E-state index contributed by atoms with van der Waals surface area (Å²) >= 11 is 6.08. The Balaban J connectivity index is 2.50. The lowest BCUT2D eigenvalue weighted by molar-refractivity contribution is 0.841. The number of para-hydroxylation sites is 1. The van der Waals surface area contributed by atoms with Crippen molar-refractivity contribution in [3.05, 3.63) is 41.0 Å². The minimum absolute atomic E-state index is 0.266. The summed E-state index contributed by atoms with van der Waals surface area (Å²) < 4.78 is 0. The molecule has 0 bridgehead atoms. The number of hydrogen-bond donors (Lipinski definition) is 0. The second-order valence-electron chi connectivity index (χ2n) is 3.93. The minimum atomic E-state index is 0.266. The Bertz CT molecular complexity index is 532. The van der Waals surface area contributed by atoms with E-state index in [4.69, 9.17) is 11.6 Å². The smallest absolute Gasteiger partial charge is 0.138 e. The number of aliphatic imine (C=N–C) groups is 1. The van der Waals surface area contributed by atoms with Crippen LogP contribution >= 0.6 is 11.6 Å². The molecule has 0 aliphatic rings. The van der Waals surface area contributed by atoms with Gasteiger partial charge in [0.1, 0.15) is 5.15 Å². The van der Waals surface area contributed by atoms with Gasteiger partial charge in [-0.3, -0.25) is 4.99 Å². The second kappa shape index (κ2) is 4.62. The molecule has 0 N–H and O–H groups in total. The van der Waals surface area contributed by atoms with Crippen molar-refractivity contribution < 1.29 is 0 Å². The van der Waals surface area contributed by atoms with Crippen LogP contribution in [0.1, 0.15) is 19.4 Å². The molecule has 2 aromatic rings. The summed E-state index contributed by atoms with van der Waals surface area (Å²) in [4.78, 5) is 8.64. The molecule has 3 heteroatoms. The summed E-state index contributed by atoms with van der Waals surface area (Å²) in [6.07, 6.45) is 1.78. The lowest BCUT2D eigenvalue weighted by Gasteiger charge is -2.02. The van der Waals surface area contributed by atoms with Gasteiger partial charge in [-0.1, -0.05) is 29.8 Å². The lowest BCUT2D eigenvalue weighted by Crippen LogP contribution is -1.93. The second-order valence-corrected chi connectivity index (χ2v) is 4.29. The summed E-state index contributed by atoms with van der Waals surface area (Å²) in [5.41, 5.74) is 1.78. The maximum atomic E-state index is 6.08. The molecule has 1 aromatic carbocycles. The third-order valence-corrected chi connectivity index (χ3v) is 2.52. The number of benzene rings is 1. The van der Waals surface area contributed by atoms with Gasteiger partial charge in [0, 0.05) is 23.2 Å². The molecule has 0 saturated heterocycles. The van der Waals surface area contributed by atoms with E-state index in [-0.39, 0.29) is 6.04 Å². The van der Waals surface area contributed by atoms with Crippen molar-refractivity contribution in [1.29, 1.82) is 0 Å². The molecule has 0 radical (unpaired) electrons. The van der Waals surface area contributed by atoms with Gasteiger partial charge in [-0.05, 0) is 26.0 Å². The molecule has 2 nitrogen and oxygen atoms in total. The van der Waals surface area contributed by atoms with Gasteiger partial charge in [0.05, 0.1) is 5.52 Å². The molecule has 0 aliphatic heterocycles. The van der Waals surface area contributed by atoms with Gasteiger partial charge >= 0.3 is 0 Å². The Morgan fingerprint density at radius 2 is 2.06 bits per heavy atom. The van der Waals surface area contributed by atoms with Gasteiger partial charge in [-0.2, -0.15) is 0 Å². The van der Waals surface area contributed by atoms with Crippen LogP contribution in [0.5, 0.6) is 0 Å².